The second-order valence-corrected chi connectivity index (χ2v) is 6.40. The second kappa shape index (κ2) is 7.68. The largest absolute Gasteiger partial charge is 0.490 e. The number of halogens is 2. The first-order valence-corrected chi connectivity index (χ1v) is 8.05. The lowest BCUT2D eigenvalue weighted by Gasteiger charge is -2.32. The summed E-state index contributed by atoms with van der Waals surface area (Å²) in [4.78, 5) is 2.48. The van der Waals surface area contributed by atoms with E-state index in [0.717, 1.165) is 61.8 Å². The molecule has 2 aliphatic rings. The van der Waals surface area contributed by atoms with Crippen LogP contribution in [-0.4, -0.2) is 43.8 Å². The van der Waals surface area contributed by atoms with E-state index >= 15 is 0 Å². The molecule has 0 radical (unpaired) electrons. The summed E-state index contributed by atoms with van der Waals surface area (Å²) in [5.74, 6) is 1.72. The van der Waals surface area contributed by atoms with Gasteiger partial charge in [-0.05, 0) is 40.5 Å². The van der Waals surface area contributed by atoms with Gasteiger partial charge in [0.05, 0.1) is 17.7 Å². The highest BCUT2D eigenvalue weighted by atomic mass is 79.9. The number of nitrogens with one attached hydrogen (secondary N) is 1. The Labute approximate surface area is 140 Å². The fraction of sp³-hybridized carbons (Fsp3) is 0.600. The highest BCUT2D eigenvalue weighted by Gasteiger charge is 2.19. The molecule has 0 spiro atoms. The van der Waals surface area contributed by atoms with Crippen molar-refractivity contribution in [1.82, 2.24) is 10.2 Å². The van der Waals surface area contributed by atoms with Crippen molar-refractivity contribution in [3.63, 3.8) is 0 Å². The van der Waals surface area contributed by atoms with Gasteiger partial charge in [-0.1, -0.05) is 0 Å². The summed E-state index contributed by atoms with van der Waals surface area (Å²) < 4.78 is 12.5. The Morgan fingerprint density at radius 2 is 2.14 bits per heavy atom. The topological polar surface area (TPSA) is 33.7 Å². The van der Waals surface area contributed by atoms with E-state index < -0.39 is 0 Å². The molecule has 0 aliphatic carbocycles. The van der Waals surface area contributed by atoms with Crippen LogP contribution in [-0.2, 0) is 6.54 Å². The van der Waals surface area contributed by atoms with Crippen LogP contribution in [0.15, 0.2) is 16.6 Å². The summed E-state index contributed by atoms with van der Waals surface area (Å²) in [5.41, 5.74) is 1.27. The van der Waals surface area contributed by atoms with Gasteiger partial charge < -0.3 is 14.8 Å². The number of hydrogen-bond donors (Lipinski definition) is 1. The highest BCUT2D eigenvalue weighted by molar-refractivity contribution is 9.10. The zero-order valence-corrected chi connectivity index (χ0v) is 14.6. The Balaban J connectivity index is 0.00000161. The molecular formula is C15H22BrClN2O2. The molecule has 21 heavy (non-hydrogen) atoms. The fourth-order valence-corrected chi connectivity index (χ4v) is 3.39. The molecule has 118 valence electrons. The summed E-state index contributed by atoms with van der Waals surface area (Å²) in [6.45, 7) is 7.89. The molecule has 1 saturated heterocycles. The molecule has 0 unspecified atom stereocenters. The second-order valence-electron chi connectivity index (χ2n) is 5.55. The first kappa shape index (κ1) is 16.9. The Kier molecular flexibility index (Phi) is 6.17. The highest BCUT2D eigenvalue weighted by Crippen LogP contribution is 2.38. The molecule has 1 aromatic rings. The number of ether oxygens (including phenoxy) is 2. The minimum absolute atomic E-state index is 0. The molecule has 3 rings (SSSR count). The molecule has 1 aromatic carbocycles. The maximum absolute atomic E-state index is 5.79. The van der Waals surface area contributed by atoms with Gasteiger partial charge in [0.1, 0.15) is 0 Å². The van der Waals surface area contributed by atoms with Crippen molar-refractivity contribution in [2.75, 3.05) is 32.8 Å². The first-order chi connectivity index (χ1) is 9.72. The smallest absolute Gasteiger partial charge is 0.175 e. The van der Waals surface area contributed by atoms with Crippen molar-refractivity contribution in [1.29, 1.82) is 0 Å². The standard InChI is InChI=1S/C15H21BrN2O2.ClH/c1-11-9-18(4-3-17-11)10-12-7-13(16)15-14(8-12)19-5-2-6-20-15;/h7-8,11,17H,2-6,9-10H2,1H3;1H/t11-;/m0./s1. The van der Waals surface area contributed by atoms with Gasteiger partial charge in [-0.15, -0.1) is 12.4 Å². The van der Waals surface area contributed by atoms with Crippen LogP contribution in [0.2, 0.25) is 0 Å². The third-order valence-corrected chi connectivity index (χ3v) is 4.31. The van der Waals surface area contributed by atoms with Crippen LogP contribution in [0, 0.1) is 0 Å². The van der Waals surface area contributed by atoms with E-state index in [0.29, 0.717) is 6.04 Å². The first-order valence-electron chi connectivity index (χ1n) is 7.26. The predicted octanol–water partition coefficient (Wildman–Crippen LogP) is 2.83. The van der Waals surface area contributed by atoms with Gasteiger partial charge in [-0.3, -0.25) is 4.90 Å². The zero-order chi connectivity index (χ0) is 13.9. The van der Waals surface area contributed by atoms with Crippen LogP contribution in [0.3, 0.4) is 0 Å². The summed E-state index contributed by atoms with van der Waals surface area (Å²) in [6, 6.07) is 4.84. The van der Waals surface area contributed by atoms with Crippen LogP contribution in [0.1, 0.15) is 18.9 Å². The fourth-order valence-electron chi connectivity index (χ4n) is 2.79. The lowest BCUT2D eigenvalue weighted by molar-refractivity contribution is 0.199. The molecule has 0 amide bonds. The van der Waals surface area contributed by atoms with E-state index in [9.17, 15) is 0 Å². The molecular weight excluding hydrogens is 356 g/mol. The van der Waals surface area contributed by atoms with Gasteiger partial charge >= 0.3 is 0 Å². The average Bonchev–Trinajstić information content (AvgIpc) is 2.64. The van der Waals surface area contributed by atoms with Crippen LogP contribution in [0.5, 0.6) is 11.5 Å². The number of hydrogen-bond acceptors (Lipinski definition) is 4. The lowest BCUT2D eigenvalue weighted by Crippen LogP contribution is -2.48. The normalized spacial score (nSPS) is 22.3. The van der Waals surface area contributed by atoms with Gasteiger partial charge in [-0.25, -0.2) is 0 Å². The number of piperazine rings is 1. The van der Waals surface area contributed by atoms with Crippen molar-refractivity contribution < 1.29 is 9.47 Å². The van der Waals surface area contributed by atoms with Crippen LogP contribution < -0.4 is 14.8 Å². The van der Waals surface area contributed by atoms with Crippen LogP contribution in [0.4, 0.5) is 0 Å². The van der Waals surface area contributed by atoms with Crippen LogP contribution >= 0.6 is 28.3 Å². The van der Waals surface area contributed by atoms with Crippen molar-refractivity contribution in [2.45, 2.75) is 25.9 Å². The monoisotopic (exact) mass is 376 g/mol. The van der Waals surface area contributed by atoms with E-state index in [-0.39, 0.29) is 12.4 Å². The van der Waals surface area contributed by atoms with E-state index in [4.69, 9.17) is 9.47 Å². The molecule has 2 heterocycles. The SMILES string of the molecule is C[C@H]1CN(Cc2cc(Br)c3c(c2)OCCCO3)CCN1.Cl. The molecule has 0 bridgehead atoms. The molecule has 1 atom stereocenters. The molecule has 0 aromatic heterocycles. The Bertz CT molecular complexity index is 487. The number of fused-ring (bicyclic) bond motifs is 1. The summed E-state index contributed by atoms with van der Waals surface area (Å²) in [6.07, 6.45) is 0.936. The van der Waals surface area contributed by atoms with Crippen LogP contribution in [0.25, 0.3) is 0 Å². The molecule has 2 aliphatic heterocycles. The van der Waals surface area contributed by atoms with E-state index in [1.54, 1.807) is 0 Å². The summed E-state index contributed by atoms with van der Waals surface area (Å²) >= 11 is 3.61. The van der Waals surface area contributed by atoms with Gasteiger partial charge in [0, 0.05) is 38.6 Å². The Hall–Kier alpha value is -0.490. The molecule has 4 nitrogen and oxygen atoms in total. The maximum atomic E-state index is 5.79. The lowest BCUT2D eigenvalue weighted by atomic mass is 10.1. The van der Waals surface area contributed by atoms with E-state index in [2.05, 4.69) is 45.2 Å². The minimum atomic E-state index is 0. The molecule has 1 fully saturated rings. The van der Waals surface area contributed by atoms with Crippen molar-refractivity contribution in [2.24, 2.45) is 0 Å². The van der Waals surface area contributed by atoms with E-state index in [1.165, 1.54) is 5.56 Å². The summed E-state index contributed by atoms with van der Waals surface area (Å²) in [5, 5.41) is 3.47. The molecule has 0 saturated carbocycles. The third-order valence-electron chi connectivity index (χ3n) is 3.72. The third kappa shape index (κ3) is 4.25. The van der Waals surface area contributed by atoms with Crippen molar-refractivity contribution in [3.8, 4) is 11.5 Å². The van der Waals surface area contributed by atoms with E-state index in [1.807, 2.05) is 0 Å². The Morgan fingerprint density at radius 3 is 2.95 bits per heavy atom. The molecule has 1 N–H and O–H groups in total. The Morgan fingerprint density at radius 1 is 1.33 bits per heavy atom. The number of benzene rings is 1. The number of rotatable bonds is 2. The quantitative estimate of drug-likeness (QED) is 0.859. The summed E-state index contributed by atoms with van der Waals surface area (Å²) in [7, 11) is 0. The van der Waals surface area contributed by atoms with Gasteiger partial charge in [-0.2, -0.15) is 0 Å². The van der Waals surface area contributed by atoms with Crippen molar-refractivity contribution in [3.05, 3.63) is 22.2 Å². The number of nitrogens with zero attached hydrogens (tertiary/aromatic N) is 1. The zero-order valence-electron chi connectivity index (χ0n) is 12.2. The average molecular weight is 378 g/mol. The minimum Gasteiger partial charge on any atom is -0.490 e. The van der Waals surface area contributed by atoms with Crippen molar-refractivity contribution >= 4 is 28.3 Å². The van der Waals surface area contributed by atoms with Gasteiger partial charge in [0.15, 0.2) is 11.5 Å². The molecule has 6 heteroatoms. The van der Waals surface area contributed by atoms with Gasteiger partial charge in [0.2, 0.25) is 0 Å². The maximum Gasteiger partial charge on any atom is 0.175 e. The van der Waals surface area contributed by atoms with Gasteiger partial charge in [0.25, 0.3) is 0 Å². The predicted molar refractivity (Wildman–Crippen MR) is 89.7 cm³/mol.